The number of ether oxygens (including phenoxy) is 2. The zero-order valence-corrected chi connectivity index (χ0v) is 16.6. The summed E-state index contributed by atoms with van der Waals surface area (Å²) in [6.45, 7) is 8.01. The molecule has 0 spiro atoms. The van der Waals surface area contributed by atoms with Crippen molar-refractivity contribution in [3.63, 3.8) is 0 Å². The number of halogens is 1. The Morgan fingerprint density at radius 2 is 2.00 bits per heavy atom. The van der Waals surface area contributed by atoms with E-state index >= 15 is 0 Å². The van der Waals surface area contributed by atoms with E-state index in [1.165, 1.54) is 6.07 Å². The van der Waals surface area contributed by atoms with Crippen LogP contribution in [0.1, 0.15) is 51.6 Å². The van der Waals surface area contributed by atoms with Crippen molar-refractivity contribution in [2.75, 3.05) is 19.5 Å². The van der Waals surface area contributed by atoms with E-state index in [2.05, 4.69) is 25.5 Å². The molecule has 24 heavy (non-hydrogen) atoms. The van der Waals surface area contributed by atoms with Gasteiger partial charge in [-0.25, -0.2) is 4.39 Å². The number of nitrogens with one attached hydrogen (secondary N) is 1. The van der Waals surface area contributed by atoms with Gasteiger partial charge in [-0.3, -0.25) is 4.72 Å². The molecule has 0 bridgehead atoms. The largest absolute Gasteiger partial charge is 0.353 e. The van der Waals surface area contributed by atoms with Crippen molar-refractivity contribution < 1.29 is 13.9 Å². The molecular weight excluding hydrogens is 345 g/mol. The van der Waals surface area contributed by atoms with Gasteiger partial charge in [-0.2, -0.15) is 0 Å². The van der Waals surface area contributed by atoms with Crippen LogP contribution in [0.3, 0.4) is 0 Å². The summed E-state index contributed by atoms with van der Waals surface area (Å²) in [5, 5.41) is 0. The van der Waals surface area contributed by atoms with Gasteiger partial charge in [0.15, 0.2) is 6.29 Å². The lowest BCUT2D eigenvalue weighted by atomic mass is 10.0. The van der Waals surface area contributed by atoms with Crippen LogP contribution in [0, 0.1) is 5.82 Å². The zero-order chi connectivity index (χ0) is 17.6. The van der Waals surface area contributed by atoms with Crippen LogP contribution >= 0.6 is 23.7 Å². The van der Waals surface area contributed by atoms with Gasteiger partial charge in [0, 0.05) is 22.1 Å². The minimum atomic E-state index is -0.194. The smallest absolute Gasteiger partial charge is 0.157 e. The molecule has 0 radical (unpaired) electrons. The predicted molar refractivity (Wildman–Crippen MR) is 101 cm³/mol. The molecule has 136 valence electrons. The summed E-state index contributed by atoms with van der Waals surface area (Å²) in [5.41, 5.74) is 1.01. The van der Waals surface area contributed by atoms with Crippen LogP contribution in [0.5, 0.6) is 0 Å². The average Bonchev–Trinajstić information content (AvgIpc) is 2.55. The van der Waals surface area contributed by atoms with Gasteiger partial charge < -0.3 is 9.47 Å². The van der Waals surface area contributed by atoms with Crippen LogP contribution in [-0.2, 0) is 9.47 Å². The fourth-order valence-corrected chi connectivity index (χ4v) is 3.89. The molecule has 1 aliphatic heterocycles. The van der Waals surface area contributed by atoms with E-state index < -0.39 is 0 Å². The normalized spacial score (nSPS) is 17.9. The Kier molecular flexibility index (Phi) is 7.88. The molecule has 1 aromatic rings. The molecule has 0 aliphatic carbocycles. The highest BCUT2D eigenvalue weighted by molar-refractivity contribution is 7.99. The summed E-state index contributed by atoms with van der Waals surface area (Å²) >= 11 is 3.33. The molecule has 1 fully saturated rings. The molecule has 6 heteroatoms. The molecule has 1 aliphatic rings. The van der Waals surface area contributed by atoms with Crippen molar-refractivity contribution >= 4 is 23.7 Å². The van der Waals surface area contributed by atoms with Gasteiger partial charge in [-0.1, -0.05) is 11.9 Å². The lowest BCUT2D eigenvalue weighted by Crippen LogP contribution is -2.27. The van der Waals surface area contributed by atoms with E-state index in [0.29, 0.717) is 0 Å². The Morgan fingerprint density at radius 1 is 1.29 bits per heavy atom. The third kappa shape index (κ3) is 6.56. The van der Waals surface area contributed by atoms with Gasteiger partial charge >= 0.3 is 0 Å². The van der Waals surface area contributed by atoms with E-state index in [-0.39, 0.29) is 22.9 Å². The Morgan fingerprint density at radius 3 is 2.62 bits per heavy atom. The Hall–Kier alpha value is -0.270. The topological polar surface area (TPSA) is 30.5 Å². The van der Waals surface area contributed by atoms with Crippen molar-refractivity contribution in [3.05, 3.63) is 29.6 Å². The Labute approximate surface area is 153 Å². The quantitative estimate of drug-likeness (QED) is 0.526. The second-order valence-electron chi connectivity index (χ2n) is 6.87. The lowest BCUT2D eigenvalue weighted by Gasteiger charge is -2.28. The first-order chi connectivity index (χ1) is 11.4. The Balaban J connectivity index is 2.10. The van der Waals surface area contributed by atoms with Crippen LogP contribution < -0.4 is 4.72 Å². The number of thioether (sulfide) groups is 1. The van der Waals surface area contributed by atoms with Crippen LogP contribution in [0.25, 0.3) is 0 Å². The van der Waals surface area contributed by atoms with E-state index in [0.717, 1.165) is 42.9 Å². The second-order valence-corrected chi connectivity index (χ2v) is 9.39. The number of rotatable bonds is 7. The van der Waals surface area contributed by atoms with Gasteiger partial charge in [0.25, 0.3) is 0 Å². The molecule has 2 rings (SSSR count). The molecular formula is C18H28FNO2S2. The molecule has 0 amide bonds. The van der Waals surface area contributed by atoms with Crippen molar-refractivity contribution in [1.29, 1.82) is 0 Å². The number of benzene rings is 1. The van der Waals surface area contributed by atoms with Gasteiger partial charge in [-0.15, -0.1) is 11.8 Å². The summed E-state index contributed by atoms with van der Waals surface area (Å²) in [5.74, 6) is -0.194. The predicted octanol–water partition coefficient (Wildman–Crippen LogP) is 5.17. The summed E-state index contributed by atoms with van der Waals surface area (Å²) in [7, 11) is 0. The molecule has 1 aromatic carbocycles. The summed E-state index contributed by atoms with van der Waals surface area (Å²) in [4.78, 5) is 1.11. The maximum absolute atomic E-state index is 13.8. The third-order valence-electron chi connectivity index (χ3n) is 3.66. The highest BCUT2D eigenvalue weighted by Gasteiger charge is 2.22. The summed E-state index contributed by atoms with van der Waals surface area (Å²) < 4.78 is 28.8. The molecule has 0 aromatic heterocycles. The maximum atomic E-state index is 13.8. The van der Waals surface area contributed by atoms with E-state index in [1.807, 2.05) is 12.3 Å². The average molecular weight is 374 g/mol. The fourth-order valence-electron chi connectivity index (χ4n) is 2.51. The van der Waals surface area contributed by atoms with Gasteiger partial charge in [-0.05, 0) is 63.6 Å². The third-order valence-corrected chi connectivity index (χ3v) is 5.49. The van der Waals surface area contributed by atoms with Crippen LogP contribution in [0.15, 0.2) is 23.1 Å². The summed E-state index contributed by atoms with van der Waals surface area (Å²) in [6.07, 6.45) is 4.47. The highest BCUT2D eigenvalue weighted by Crippen LogP contribution is 2.33. The Bertz CT molecular complexity index is 516. The van der Waals surface area contributed by atoms with Crippen LogP contribution in [0.2, 0.25) is 0 Å². The van der Waals surface area contributed by atoms with Gasteiger partial charge in [0.2, 0.25) is 0 Å². The van der Waals surface area contributed by atoms with Gasteiger partial charge in [0.05, 0.1) is 13.2 Å². The van der Waals surface area contributed by atoms with E-state index in [1.54, 1.807) is 29.8 Å². The minimum Gasteiger partial charge on any atom is -0.353 e. The standard InChI is InChI=1S/C18H28FNO2S2/c1-18(2,3)24-20-15(7-9-17-21-10-5-11-22-17)14-12-13(19)6-8-16(14)23-4/h6,8,12,15,17,20H,5,7,9-11H2,1-4H3. The molecule has 1 saturated heterocycles. The SMILES string of the molecule is CSc1ccc(F)cc1C(CCC1OCCCO1)NSC(C)(C)C. The molecule has 3 nitrogen and oxygen atoms in total. The van der Waals surface area contributed by atoms with Crippen molar-refractivity contribution in [2.24, 2.45) is 0 Å². The maximum Gasteiger partial charge on any atom is 0.157 e. The van der Waals surface area contributed by atoms with E-state index in [9.17, 15) is 4.39 Å². The molecule has 1 N–H and O–H groups in total. The minimum absolute atomic E-state index is 0.0569. The van der Waals surface area contributed by atoms with Gasteiger partial charge in [0.1, 0.15) is 5.82 Å². The fraction of sp³-hybridized carbons (Fsp3) is 0.667. The summed E-state index contributed by atoms with van der Waals surface area (Å²) in [6, 6.07) is 5.09. The second kappa shape index (κ2) is 9.43. The molecule has 0 saturated carbocycles. The van der Waals surface area contributed by atoms with Crippen molar-refractivity contribution in [2.45, 2.75) is 62.0 Å². The first-order valence-corrected chi connectivity index (χ1v) is 10.4. The first kappa shape index (κ1) is 20.0. The van der Waals surface area contributed by atoms with Crippen LogP contribution in [-0.4, -0.2) is 30.5 Å². The molecule has 1 heterocycles. The zero-order valence-electron chi connectivity index (χ0n) is 14.9. The van der Waals surface area contributed by atoms with Crippen LogP contribution in [0.4, 0.5) is 4.39 Å². The first-order valence-electron chi connectivity index (χ1n) is 8.39. The number of hydrogen-bond acceptors (Lipinski definition) is 5. The van der Waals surface area contributed by atoms with E-state index in [4.69, 9.17) is 9.47 Å². The van der Waals surface area contributed by atoms with Crippen molar-refractivity contribution in [1.82, 2.24) is 4.72 Å². The molecule has 1 unspecified atom stereocenters. The van der Waals surface area contributed by atoms with Crippen molar-refractivity contribution in [3.8, 4) is 0 Å². The highest BCUT2D eigenvalue weighted by atomic mass is 32.2. The molecule has 1 atom stereocenters. The number of hydrogen-bond donors (Lipinski definition) is 1. The monoisotopic (exact) mass is 373 g/mol. The lowest BCUT2D eigenvalue weighted by molar-refractivity contribution is -0.182.